The molecule has 3 rings (SSSR count). The molecule has 0 saturated carbocycles. The third-order valence-electron chi connectivity index (χ3n) is 4.20. The summed E-state index contributed by atoms with van der Waals surface area (Å²) in [5.74, 6) is -0.624. The van der Waals surface area contributed by atoms with E-state index in [1.807, 2.05) is 30.3 Å². The predicted octanol–water partition coefficient (Wildman–Crippen LogP) is 4.17. The van der Waals surface area contributed by atoms with Gasteiger partial charge < -0.3 is 4.74 Å². The number of nitrogens with zero attached hydrogens (tertiary/aromatic N) is 2. The maximum atomic E-state index is 12.4. The molecule has 144 valence electrons. The van der Waals surface area contributed by atoms with Crippen LogP contribution in [0.25, 0.3) is 6.08 Å². The summed E-state index contributed by atoms with van der Waals surface area (Å²) >= 11 is 17.7. The van der Waals surface area contributed by atoms with Gasteiger partial charge in [-0.1, -0.05) is 53.5 Å². The van der Waals surface area contributed by atoms with Crippen molar-refractivity contribution in [1.82, 2.24) is 9.80 Å². The van der Waals surface area contributed by atoms with Crippen LogP contribution in [-0.4, -0.2) is 40.8 Å². The Balaban J connectivity index is 1.88. The van der Waals surface area contributed by atoms with E-state index in [2.05, 4.69) is 0 Å². The normalized spacial score (nSPS) is 14.6. The first-order chi connectivity index (χ1) is 13.3. The molecule has 1 fully saturated rings. The molecule has 2 aromatic carbocycles. The Bertz CT molecular complexity index is 943. The van der Waals surface area contributed by atoms with Crippen molar-refractivity contribution in [2.45, 2.75) is 6.61 Å². The molecule has 1 heterocycles. The average Bonchev–Trinajstić information content (AvgIpc) is 2.68. The molecule has 0 atom stereocenters. The lowest BCUT2D eigenvalue weighted by Crippen LogP contribution is -2.52. The molecule has 8 heteroatoms. The van der Waals surface area contributed by atoms with Gasteiger partial charge in [0.05, 0.1) is 10.0 Å². The van der Waals surface area contributed by atoms with Crippen LogP contribution in [0.5, 0.6) is 5.75 Å². The van der Waals surface area contributed by atoms with Gasteiger partial charge in [-0.05, 0) is 41.6 Å². The maximum absolute atomic E-state index is 12.4. The van der Waals surface area contributed by atoms with Crippen LogP contribution in [0.1, 0.15) is 11.1 Å². The Morgan fingerprint density at radius 2 is 1.54 bits per heavy atom. The highest BCUT2D eigenvalue weighted by Gasteiger charge is 2.35. The third kappa shape index (κ3) is 4.04. The summed E-state index contributed by atoms with van der Waals surface area (Å²) in [5, 5.41) is 0.708. The van der Waals surface area contributed by atoms with Crippen LogP contribution >= 0.6 is 35.4 Å². The van der Waals surface area contributed by atoms with Gasteiger partial charge in [0.2, 0.25) is 0 Å². The fourth-order valence-corrected chi connectivity index (χ4v) is 3.45. The zero-order valence-electron chi connectivity index (χ0n) is 15.1. The number of carbonyl (C=O) groups is 2. The second-order valence-electron chi connectivity index (χ2n) is 6.16. The lowest BCUT2D eigenvalue weighted by Gasteiger charge is -2.31. The number of benzene rings is 2. The fraction of sp³-hybridized carbons (Fsp3) is 0.150. The van der Waals surface area contributed by atoms with E-state index >= 15 is 0 Å². The molecule has 2 aromatic rings. The first kappa shape index (κ1) is 20.3. The van der Waals surface area contributed by atoms with Crippen molar-refractivity contribution in [3.05, 3.63) is 69.2 Å². The quantitative estimate of drug-likeness (QED) is 0.411. The summed E-state index contributed by atoms with van der Waals surface area (Å²) in [5.41, 5.74) is 1.46. The van der Waals surface area contributed by atoms with Crippen LogP contribution in [0.15, 0.2) is 48.0 Å². The van der Waals surface area contributed by atoms with Crippen molar-refractivity contribution >= 4 is 58.4 Å². The van der Waals surface area contributed by atoms with Crippen molar-refractivity contribution in [2.24, 2.45) is 0 Å². The standard InChI is InChI=1S/C20H16Cl2N2O3S/c1-23-18(25)14(19(26)24(2)20(23)28)8-13-9-15(21)17(16(22)10-13)27-11-12-6-4-3-5-7-12/h3-10H,11H2,1-2H3. The van der Waals surface area contributed by atoms with E-state index in [0.29, 0.717) is 17.9 Å². The monoisotopic (exact) mass is 434 g/mol. The zero-order valence-corrected chi connectivity index (χ0v) is 17.4. The van der Waals surface area contributed by atoms with E-state index in [0.717, 1.165) is 5.56 Å². The topological polar surface area (TPSA) is 49.9 Å². The maximum Gasteiger partial charge on any atom is 0.265 e. The largest absolute Gasteiger partial charge is 0.486 e. The Kier molecular flexibility index (Phi) is 6.03. The zero-order chi connectivity index (χ0) is 20.4. The van der Waals surface area contributed by atoms with Crippen LogP contribution in [0.3, 0.4) is 0 Å². The molecule has 1 saturated heterocycles. The number of hydrogen-bond acceptors (Lipinski definition) is 4. The van der Waals surface area contributed by atoms with Gasteiger partial charge in [-0.15, -0.1) is 0 Å². The molecule has 1 aliphatic heterocycles. The number of likely N-dealkylation sites (N-methyl/N-ethyl adjacent to an activating group) is 2. The molecule has 28 heavy (non-hydrogen) atoms. The molecule has 2 amide bonds. The van der Waals surface area contributed by atoms with Crippen molar-refractivity contribution in [3.8, 4) is 5.75 Å². The van der Waals surface area contributed by atoms with Gasteiger partial charge in [-0.25, -0.2) is 0 Å². The summed E-state index contributed by atoms with van der Waals surface area (Å²) in [4.78, 5) is 27.3. The first-order valence-electron chi connectivity index (χ1n) is 8.27. The van der Waals surface area contributed by atoms with Gasteiger partial charge in [0.25, 0.3) is 11.8 Å². The smallest absolute Gasteiger partial charge is 0.265 e. The van der Waals surface area contributed by atoms with Crippen LogP contribution in [-0.2, 0) is 16.2 Å². The van der Waals surface area contributed by atoms with Gasteiger partial charge in [0.1, 0.15) is 12.2 Å². The number of halogens is 2. The Hall–Kier alpha value is -2.41. The van der Waals surface area contributed by atoms with E-state index in [1.165, 1.54) is 30.0 Å². The minimum atomic E-state index is -0.482. The number of carbonyl (C=O) groups excluding carboxylic acids is 2. The van der Waals surface area contributed by atoms with Gasteiger partial charge in [0.15, 0.2) is 10.9 Å². The molecule has 0 N–H and O–H groups in total. The Labute approximate surface area is 178 Å². The highest BCUT2D eigenvalue weighted by atomic mass is 35.5. The van der Waals surface area contributed by atoms with E-state index < -0.39 is 11.8 Å². The SMILES string of the molecule is CN1C(=O)C(=Cc2cc(Cl)c(OCc3ccccc3)c(Cl)c2)C(=O)N(C)C1=S. The molecule has 0 aliphatic carbocycles. The number of ether oxygens (including phenoxy) is 1. The number of thiocarbonyl (C=S) groups is 1. The molecule has 0 bridgehead atoms. The van der Waals surface area contributed by atoms with Gasteiger partial charge in [0, 0.05) is 14.1 Å². The van der Waals surface area contributed by atoms with Crippen molar-refractivity contribution in [3.63, 3.8) is 0 Å². The highest BCUT2D eigenvalue weighted by molar-refractivity contribution is 7.80. The van der Waals surface area contributed by atoms with Crippen molar-refractivity contribution in [1.29, 1.82) is 0 Å². The van der Waals surface area contributed by atoms with Crippen LogP contribution in [0, 0.1) is 0 Å². The summed E-state index contributed by atoms with van der Waals surface area (Å²) in [6, 6.07) is 12.8. The summed E-state index contributed by atoms with van der Waals surface area (Å²) in [6.07, 6.45) is 1.44. The second kappa shape index (κ2) is 8.31. The second-order valence-corrected chi connectivity index (χ2v) is 7.34. The molecular weight excluding hydrogens is 419 g/mol. The molecule has 0 radical (unpaired) electrons. The molecule has 0 aromatic heterocycles. The molecule has 5 nitrogen and oxygen atoms in total. The molecular formula is C20H16Cl2N2O3S. The first-order valence-corrected chi connectivity index (χ1v) is 9.43. The minimum absolute atomic E-state index is 0.0244. The molecule has 0 spiro atoms. The Morgan fingerprint density at radius 3 is 2.07 bits per heavy atom. The van der Waals surface area contributed by atoms with Crippen LogP contribution in [0.4, 0.5) is 0 Å². The van der Waals surface area contributed by atoms with E-state index in [-0.39, 0.29) is 20.7 Å². The number of amides is 2. The summed E-state index contributed by atoms with van der Waals surface area (Å²) < 4.78 is 5.74. The van der Waals surface area contributed by atoms with Gasteiger partial charge in [-0.2, -0.15) is 0 Å². The van der Waals surface area contributed by atoms with E-state index in [4.69, 9.17) is 40.2 Å². The third-order valence-corrected chi connectivity index (χ3v) is 5.31. The van der Waals surface area contributed by atoms with Gasteiger partial charge in [-0.3, -0.25) is 19.4 Å². The van der Waals surface area contributed by atoms with Crippen molar-refractivity contribution < 1.29 is 14.3 Å². The van der Waals surface area contributed by atoms with Crippen LogP contribution in [0.2, 0.25) is 10.0 Å². The molecule has 0 unspecified atom stereocenters. The Morgan fingerprint density at radius 1 is 1.00 bits per heavy atom. The van der Waals surface area contributed by atoms with Crippen LogP contribution < -0.4 is 4.74 Å². The highest BCUT2D eigenvalue weighted by Crippen LogP contribution is 2.35. The summed E-state index contributed by atoms with van der Waals surface area (Å²) in [7, 11) is 3.03. The van der Waals surface area contributed by atoms with Gasteiger partial charge >= 0.3 is 0 Å². The average molecular weight is 435 g/mol. The van der Waals surface area contributed by atoms with E-state index in [9.17, 15) is 9.59 Å². The molecule has 1 aliphatic rings. The minimum Gasteiger partial charge on any atom is -0.486 e. The predicted molar refractivity (Wildman–Crippen MR) is 113 cm³/mol. The van der Waals surface area contributed by atoms with E-state index in [1.54, 1.807) is 12.1 Å². The number of hydrogen-bond donors (Lipinski definition) is 0. The lowest BCUT2D eigenvalue weighted by molar-refractivity contribution is -0.132. The lowest BCUT2D eigenvalue weighted by atomic mass is 10.1. The fourth-order valence-electron chi connectivity index (χ4n) is 2.67. The van der Waals surface area contributed by atoms with Crippen molar-refractivity contribution in [2.75, 3.05) is 14.1 Å². The number of rotatable bonds is 4. The summed E-state index contributed by atoms with van der Waals surface area (Å²) in [6.45, 7) is 0.310.